The number of benzene rings is 2. The maximum absolute atomic E-state index is 12.5. The van der Waals surface area contributed by atoms with Gasteiger partial charge in [-0.15, -0.1) is 0 Å². The lowest BCUT2D eigenvalue weighted by molar-refractivity contribution is -0.132. The fraction of sp³-hybridized carbons (Fsp3) is 0.300. The molecule has 1 heterocycles. The second-order valence-electron chi connectivity index (χ2n) is 6.32. The summed E-state index contributed by atoms with van der Waals surface area (Å²) in [6, 6.07) is 14.0. The van der Waals surface area contributed by atoms with Gasteiger partial charge >= 0.3 is 0 Å². The fourth-order valence-electron chi connectivity index (χ4n) is 3.09. The zero-order valence-electron chi connectivity index (χ0n) is 14.4. The number of phenolic OH excluding ortho intramolecular Hbond substituents is 1. The average molecular weight is 373 g/mol. The first-order valence-corrected chi connectivity index (χ1v) is 9.02. The summed E-state index contributed by atoms with van der Waals surface area (Å²) in [6.07, 6.45) is 1.07. The van der Waals surface area contributed by atoms with Gasteiger partial charge in [-0.2, -0.15) is 0 Å². The van der Waals surface area contributed by atoms with E-state index in [-0.39, 0.29) is 17.6 Å². The lowest BCUT2D eigenvalue weighted by Crippen LogP contribution is -2.50. The molecule has 0 saturated carbocycles. The zero-order valence-corrected chi connectivity index (χ0v) is 15.2. The molecule has 0 radical (unpaired) electrons. The van der Waals surface area contributed by atoms with E-state index in [9.17, 15) is 14.7 Å². The summed E-state index contributed by atoms with van der Waals surface area (Å²) >= 11 is 5.97. The Balaban J connectivity index is 1.51. The molecule has 1 N–H and O–H groups in total. The summed E-state index contributed by atoms with van der Waals surface area (Å²) in [5.74, 6) is -0.133. The third-order valence-electron chi connectivity index (χ3n) is 4.57. The van der Waals surface area contributed by atoms with Crippen LogP contribution in [0.4, 0.5) is 0 Å². The molecule has 0 bridgehead atoms. The summed E-state index contributed by atoms with van der Waals surface area (Å²) in [5.41, 5.74) is 1.34. The van der Waals surface area contributed by atoms with E-state index in [1.165, 1.54) is 6.07 Å². The minimum Gasteiger partial charge on any atom is -0.507 e. The van der Waals surface area contributed by atoms with E-state index in [0.29, 0.717) is 49.6 Å². The number of hydrogen-bond acceptors (Lipinski definition) is 3. The van der Waals surface area contributed by atoms with Gasteiger partial charge in [0.2, 0.25) is 5.91 Å². The van der Waals surface area contributed by atoms with Crippen LogP contribution < -0.4 is 0 Å². The third-order valence-corrected chi connectivity index (χ3v) is 4.81. The summed E-state index contributed by atoms with van der Waals surface area (Å²) in [5, 5.41) is 10.5. The topological polar surface area (TPSA) is 60.9 Å². The predicted octanol–water partition coefficient (Wildman–Crippen LogP) is 2.96. The monoisotopic (exact) mass is 372 g/mol. The number of hydrogen-bond donors (Lipinski definition) is 1. The second-order valence-corrected chi connectivity index (χ2v) is 6.76. The molecule has 0 atom stereocenters. The van der Waals surface area contributed by atoms with Crippen molar-refractivity contribution in [1.82, 2.24) is 9.80 Å². The minimum absolute atomic E-state index is 0.0162. The molecule has 26 heavy (non-hydrogen) atoms. The summed E-state index contributed by atoms with van der Waals surface area (Å²) < 4.78 is 0. The quantitative estimate of drug-likeness (QED) is 0.897. The molecule has 2 aromatic carbocycles. The van der Waals surface area contributed by atoms with Crippen LogP contribution in [0.3, 0.4) is 0 Å². The fourth-order valence-corrected chi connectivity index (χ4v) is 3.30. The van der Waals surface area contributed by atoms with Crippen molar-refractivity contribution in [3.63, 3.8) is 0 Å². The van der Waals surface area contributed by atoms with Crippen molar-refractivity contribution in [2.75, 3.05) is 26.2 Å². The van der Waals surface area contributed by atoms with Crippen LogP contribution in [0.5, 0.6) is 5.75 Å². The van der Waals surface area contributed by atoms with Crippen LogP contribution in [0.15, 0.2) is 48.5 Å². The number of rotatable bonds is 4. The van der Waals surface area contributed by atoms with E-state index in [4.69, 9.17) is 11.6 Å². The van der Waals surface area contributed by atoms with Crippen molar-refractivity contribution in [3.8, 4) is 5.75 Å². The van der Waals surface area contributed by atoms with Crippen molar-refractivity contribution in [2.45, 2.75) is 12.8 Å². The first kappa shape index (κ1) is 18.3. The number of halogens is 1. The van der Waals surface area contributed by atoms with Gasteiger partial charge in [0.05, 0.1) is 5.56 Å². The van der Waals surface area contributed by atoms with E-state index >= 15 is 0 Å². The Morgan fingerprint density at radius 1 is 0.962 bits per heavy atom. The average Bonchev–Trinajstić information content (AvgIpc) is 2.66. The molecule has 1 aliphatic heterocycles. The van der Waals surface area contributed by atoms with E-state index in [0.717, 1.165) is 5.56 Å². The van der Waals surface area contributed by atoms with Crippen LogP contribution in [0, 0.1) is 0 Å². The lowest BCUT2D eigenvalue weighted by atomic mass is 10.1. The largest absolute Gasteiger partial charge is 0.507 e. The van der Waals surface area contributed by atoms with E-state index in [2.05, 4.69) is 0 Å². The molecule has 2 aromatic rings. The van der Waals surface area contributed by atoms with Crippen molar-refractivity contribution in [3.05, 3.63) is 64.7 Å². The van der Waals surface area contributed by atoms with Crippen molar-refractivity contribution >= 4 is 23.4 Å². The Bertz CT molecular complexity index is 801. The molecule has 5 nitrogen and oxygen atoms in total. The molecular formula is C20H21ClN2O3. The number of piperazine rings is 1. The van der Waals surface area contributed by atoms with Crippen LogP contribution in [0.2, 0.25) is 5.02 Å². The number of amides is 2. The van der Waals surface area contributed by atoms with Gasteiger partial charge in [0.25, 0.3) is 5.91 Å². The molecule has 0 spiro atoms. The number of carbonyl (C=O) groups is 2. The van der Waals surface area contributed by atoms with Gasteiger partial charge in [-0.25, -0.2) is 0 Å². The molecule has 1 saturated heterocycles. The molecule has 0 aromatic heterocycles. The maximum atomic E-state index is 12.5. The van der Waals surface area contributed by atoms with Crippen LogP contribution in [0.1, 0.15) is 22.3 Å². The number of para-hydroxylation sites is 1. The Morgan fingerprint density at radius 2 is 1.65 bits per heavy atom. The molecule has 136 valence electrons. The molecule has 2 amide bonds. The Hall–Kier alpha value is -2.53. The van der Waals surface area contributed by atoms with Crippen LogP contribution in [0.25, 0.3) is 0 Å². The number of aryl methyl sites for hydroxylation is 1. The maximum Gasteiger partial charge on any atom is 0.257 e. The highest BCUT2D eigenvalue weighted by Crippen LogP contribution is 2.19. The molecule has 0 aliphatic carbocycles. The smallest absolute Gasteiger partial charge is 0.257 e. The van der Waals surface area contributed by atoms with Crippen LogP contribution in [-0.4, -0.2) is 52.9 Å². The number of carbonyl (C=O) groups excluding carboxylic acids is 2. The highest BCUT2D eigenvalue weighted by Gasteiger charge is 2.25. The van der Waals surface area contributed by atoms with E-state index < -0.39 is 0 Å². The lowest BCUT2D eigenvalue weighted by Gasteiger charge is -2.35. The minimum atomic E-state index is -0.200. The van der Waals surface area contributed by atoms with Crippen molar-refractivity contribution < 1.29 is 14.7 Å². The van der Waals surface area contributed by atoms with Gasteiger partial charge in [-0.1, -0.05) is 35.9 Å². The van der Waals surface area contributed by atoms with Gasteiger partial charge in [0, 0.05) is 37.6 Å². The third kappa shape index (κ3) is 4.35. The molecule has 6 heteroatoms. The number of nitrogens with zero attached hydrogens (tertiary/aromatic N) is 2. The van der Waals surface area contributed by atoms with Crippen molar-refractivity contribution in [1.29, 1.82) is 0 Å². The SMILES string of the molecule is O=C(CCc1cccc(Cl)c1)N1CCN(C(=O)c2ccccc2O)CC1. The Morgan fingerprint density at radius 3 is 2.35 bits per heavy atom. The summed E-state index contributed by atoms with van der Waals surface area (Å²) in [4.78, 5) is 28.4. The Labute approximate surface area is 157 Å². The molecule has 3 rings (SSSR count). The zero-order chi connectivity index (χ0) is 18.5. The van der Waals surface area contributed by atoms with Gasteiger partial charge in [-0.05, 0) is 36.2 Å². The van der Waals surface area contributed by atoms with E-state index in [1.54, 1.807) is 28.0 Å². The number of phenols is 1. The van der Waals surface area contributed by atoms with Gasteiger partial charge in [0.15, 0.2) is 0 Å². The first-order valence-electron chi connectivity index (χ1n) is 8.64. The summed E-state index contributed by atoms with van der Waals surface area (Å²) in [7, 11) is 0. The van der Waals surface area contributed by atoms with Crippen molar-refractivity contribution in [2.24, 2.45) is 0 Å². The second kappa shape index (κ2) is 8.23. The van der Waals surface area contributed by atoms with E-state index in [1.807, 2.05) is 24.3 Å². The van der Waals surface area contributed by atoms with Crippen LogP contribution in [-0.2, 0) is 11.2 Å². The molecule has 1 fully saturated rings. The summed E-state index contributed by atoms with van der Waals surface area (Å²) in [6.45, 7) is 1.95. The normalized spacial score (nSPS) is 14.3. The van der Waals surface area contributed by atoms with Gasteiger partial charge in [0.1, 0.15) is 5.75 Å². The van der Waals surface area contributed by atoms with Gasteiger partial charge in [-0.3, -0.25) is 9.59 Å². The Kier molecular flexibility index (Phi) is 5.78. The van der Waals surface area contributed by atoms with Crippen LogP contribution >= 0.6 is 11.6 Å². The van der Waals surface area contributed by atoms with Gasteiger partial charge < -0.3 is 14.9 Å². The highest BCUT2D eigenvalue weighted by molar-refractivity contribution is 6.30. The first-order chi connectivity index (χ1) is 12.5. The molecule has 0 unspecified atom stereocenters. The predicted molar refractivity (Wildman–Crippen MR) is 100 cm³/mol. The highest BCUT2D eigenvalue weighted by atomic mass is 35.5. The standard InChI is InChI=1S/C20H21ClN2O3/c21-16-5-3-4-15(14-16)8-9-19(25)22-10-12-23(13-11-22)20(26)17-6-1-2-7-18(17)24/h1-7,14,24H,8-13H2. The molecular weight excluding hydrogens is 352 g/mol. The number of aromatic hydroxyl groups is 1. The molecule has 1 aliphatic rings.